The van der Waals surface area contributed by atoms with Crippen molar-refractivity contribution in [2.45, 2.75) is 47.1 Å². The molecule has 0 aliphatic rings. The van der Waals surface area contributed by atoms with Gasteiger partial charge in [0.2, 0.25) is 5.91 Å². The van der Waals surface area contributed by atoms with Crippen LogP contribution in [0.1, 0.15) is 47.6 Å². The average Bonchev–Trinajstić information content (AvgIpc) is 2.86. The van der Waals surface area contributed by atoms with E-state index in [9.17, 15) is 9.59 Å². The molecule has 1 heterocycles. The van der Waals surface area contributed by atoms with Gasteiger partial charge in [-0.25, -0.2) is 0 Å². The van der Waals surface area contributed by atoms with Crippen LogP contribution in [-0.2, 0) is 17.8 Å². The van der Waals surface area contributed by atoms with Crippen molar-refractivity contribution in [1.82, 2.24) is 15.1 Å². The number of hydrogen-bond acceptors (Lipinski definition) is 3. The van der Waals surface area contributed by atoms with Crippen LogP contribution in [0.5, 0.6) is 0 Å². The first-order valence-corrected chi connectivity index (χ1v) is 8.96. The molecule has 2 amide bonds. The Morgan fingerprint density at radius 3 is 2.38 bits per heavy atom. The Morgan fingerprint density at radius 2 is 1.81 bits per heavy atom. The first-order valence-electron chi connectivity index (χ1n) is 8.96. The lowest BCUT2D eigenvalue weighted by atomic mass is 10.1. The minimum absolute atomic E-state index is 0.0481. The number of nitrogens with zero attached hydrogens (tertiary/aromatic N) is 2. The lowest BCUT2D eigenvalue weighted by molar-refractivity contribution is -0.116. The maximum absolute atomic E-state index is 12.3. The zero-order chi connectivity index (χ0) is 19.3. The van der Waals surface area contributed by atoms with Gasteiger partial charge < -0.3 is 10.6 Å². The predicted octanol–water partition coefficient (Wildman–Crippen LogP) is 3.09. The number of amides is 2. The summed E-state index contributed by atoms with van der Waals surface area (Å²) >= 11 is 0. The SMILES string of the molecule is CNC(=O)c1ccc(NC(=O)CCc2c(C)nn(CC(C)C)c2C)cc1. The van der Waals surface area contributed by atoms with Gasteiger partial charge in [0.25, 0.3) is 5.91 Å². The zero-order valence-electron chi connectivity index (χ0n) is 16.2. The van der Waals surface area contributed by atoms with Crippen molar-refractivity contribution in [3.63, 3.8) is 0 Å². The number of carbonyl (C=O) groups excluding carboxylic acids is 2. The fourth-order valence-electron chi connectivity index (χ4n) is 2.93. The van der Waals surface area contributed by atoms with Crippen LogP contribution in [0.25, 0.3) is 0 Å². The molecule has 0 aliphatic carbocycles. The summed E-state index contributed by atoms with van der Waals surface area (Å²) in [7, 11) is 1.59. The van der Waals surface area contributed by atoms with E-state index in [1.165, 1.54) is 0 Å². The van der Waals surface area contributed by atoms with Gasteiger partial charge >= 0.3 is 0 Å². The molecule has 0 bridgehead atoms. The molecule has 0 aliphatic heterocycles. The number of benzene rings is 1. The lowest BCUT2D eigenvalue weighted by Gasteiger charge is -2.08. The van der Waals surface area contributed by atoms with E-state index in [4.69, 9.17) is 0 Å². The molecule has 140 valence electrons. The van der Waals surface area contributed by atoms with Crippen LogP contribution >= 0.6 is 0 Å². The molecular formula is C20H28N4O2. The van der Waals surface area contributed by atoms with Gasteiger partial charge in [0.15, 0.2) is 0 Å². The molecule has 2 rings (SSSR count). The Balaban J connectivity index is 1.95. The van der Waals surface area contributed by atoms with Gasteiger partial charge in [-0.2, -0.15) is 5.10 Å². The molecule has 6 heteroatoms. The molecule has 1 aromatic carbocycles. The van der Waals surface area contributed by atoms with Gasteiger partial charge in [-0.1, -0.05) is 13.8 Å². The zero-order valence-corrected chi connectivity index (χ0v) is 16.2. The van der Waals surface area contributed by atoms with E-state index in [0.717, 1.165) is 23.5 Å². The number of carbonyl (C=O) groups is 2. The van der Waals surface area contributed by atoms with Gasteiger partial charge in [0, 0.05) is 37.0 Å². The monoisotopic (exact) mass is 356 g/mol. The summed E-state index contributed by atoms with van der Waals surface area (Å²) in [6.45, 7) is 9.27. The highest BCUT2D eigenvalue weighted by atomic mass is 16.2. The third kappa shape index (κ3) is 4.94. The third-order valence-corrected chi connectivity index (χ3v) is 4.33. The molecule has 0 saturated carbocycles. The quantitative estimate of drug-likeness (QED) is 0.800. The fraction of sp³-hybridized carbons (Fsp3) is 0.450. The predicted molar refractivity (Wildman–Crippen MR) is 103 cm³/mol. The Bertz CT molecular complexity index is 776. The van der Waals surface area contributed by atoms with E-state index in [2.05, 4.69) is 36.5 Å². The molecule has 0 radical (unpaired) electrons. The first-order chi connectivity index (χ1) is 12.3. The summed E-state index contributed by atoms with van der Waals surface area (Å²) in [4.78, 5) is 23.8. The van der Waals surface area contributed by atoms with Gasteiger partial charge in [0.1, 0.15) is 0 Å². The van der Waals surface area contributed by atoms with Crippen LogP contribution in [0.2, 0.25) is 0 Å². The summed E-state index contributed by atoms with van der Waals surface area (Å²) in [5.41, 5.74) is 4.53. The number of aromatic nitrogens is 2. The fourth-order valence-corrected chi connectivity index (χ4v) is 2.93. The number of hydrogen-bond donors (Lipinski definition) is 2. The Morgan fingerprint density at radius 1 is 1.15 bits per heavy atom. The van der Waals surface area contributed by atoms with Crippen molar-refractivity contribution in [3.8, 4) is 0 Å². The number of rotatable bonds is 7. The van der Waals surface area contributed by atoms with Crippen LogP contribution in [0.15, 0.2) is 24.3 Å². The molecule has 0 spiro atoms. The summed E-state index contributed by atoms with van der Waals surface area (Å²) < 4.78 is 2.03. The van der Waals surface area contributed by atoms with Crippen molar-refractivity contribution in [1.29, 1.82) is 0 Å². The summed E-state index contributed by atoms with van der Waals surface area (Å²) in [6, 6.07) is 6.86. The minimum Gasteiger partial charge on any atom is -0.355 e. The smallest absolute Gasteiger partial charge is 0.251 e. The van der Waals surface area contributed by atoms with E-state index in [1.807, 2.05) is 11.6 Å². The van der Waals surface area contributed by atoms with Crippen molar-refractivity contribution in [3.05, 3.63) is 46.8 Å². The van der Waals surface area contributed by atoms with E-state index in [-0.39, 0.29) is 11.8 Å². The third-order valence-electron chi connectivity index (χ3n) is 4.33. The number of aryl methyl sites for hydroxylation is 1. The van der Waals surface area contributed by atoms with E-state index >= 15 is 0 Å². The molecular weight excluding hydrogens is 328 g/mol. The van der Waals surface area contributed by atoms with Gasteiger partial charge in [0.05, 0.1) is 5.69 Å². The van der Waals surface area contributed by atoms with Crippen LogP contribution in [-0.4, -0.2) is 28.6 Å². The molecule has 0 fully saturated rings. The Labute approximate surface area is 155 Å². The van der Waals surface area contributed by atoms with E-state index in [1.54, 1.807) is 31.3 Å². The second-order valence-electron chi connectivity index (χ2n) is 6.93. The molecule has 26 heavy (non-hydrogen) atoms. The molecule has 0 atom stereocenters. The summed E-state index contributed by atoms with van der Waals surface area (Å²) in [5.74, 6) is 0.335. The topological polar surface area (TPSA) is 76.0 Å². The average molecular weight is 356 g/mol. The second kappa shape index (κ2) is 8.65. The largest absolute Gasteiger partial charge is 0.355 e. The van der Waals surface area contributed by atoms with Gasteiger partial charge in [-0.3, -0.25) is 14.3 Å². The van der Waals surface area contributed by atoms with E-state index < -0.39 is 0 Å². The number of anilines is 1. The van der Waals surface area contributed by atoms with Crippen molar-refractivity contribution >= 4 is 17.5 Å². The normalized spacial score (nSPS) is 10.8. The summed E-state index contributed by atoms with van der Waals surface area (Å²) in [6.07, 6.45) is 1.06. The van der Waals surface area contributed by atoms with Crippen LogP contribution in [0.4, 0.5) is 5.69 Å². The maximum Gasteiger partial charge on any atom is 0.251 e. The summed E-state index contributed by atoms with van der Waals surface area (Å²) in [5, 5.41) is 10.0. The van der Waals surface area contributed by atoms with Crippen LogP contribution in [0, 0.1) is 19.8 Å². The Kier molecular flexibility index (Phi) is 6.55. The van der Waals surface area contributed by atoms with Gasteiger partial charge in [-0.05, 0) is 56.0 Å². The molecule has 0 unspecified atom stereocenters. The minimum atomic E-state index is -0.146. The number of nitrogens with one attached hydrogen (secondary N) is 2. The first kappa shape index (κ1) is 19.7. The highest BCUT2D eigenvalue weighted by molar-refractivity contribution is 5.95. The van der Waals surface area contributed by atoms with Gasteiger partial charge in [-0.15, -0.1) is 0 Å². The van der Waals surface area contributed by atoms with Crippen LogP contribution in [0.3, 0.4) is 0 Å². The Hall–Kier alpha value is -2.63. The molecule has 2 N–H and O–H groups in total. The van der Waals surface area contributed by atoms with Crippen molar-refractivity contribution < 1.29 is 9.59 Å². The molecule has 2 aromatic rings. The highest BCUT2D eigenvalue weighted by Gasteiger charge is 2.14. The standard InChI is InChI=1S/C20H28N4O2/c1-13(2)12-24-15(4)18(14(3)23-24)10-11-19(25)22-17-8-6-16(7-9-17)20(26)21-5/h6-9,13H,10-12H2,1-5H3,(H,21,26)(H,22,25). The lowest BCUT2D eigenvalue weighted by Crippen LogP contribution is -2.18. The van der Waals surface area contributed by atoms with Crippen molar-refractivity contribution in [2.24, 2.45) is 5.92 Å². The molecule has 0 saturated heterocycles. The highest BCUT2D eigenvalue weighted by Crippen LogP contribution is 2.17. The maximum atomic E-state index is 12.3. The van der Waals surface area contributed by atoms with Crippen molar-refractivity contribution in [2.75, 3.05) is 12.4 Å². The van der Waals surface area contributed by atoms with Crippen LogP contribution < -0.4 is 10.6 Å². The molecule has 6 nitrogen and oxygen atoms in total. The van der Waals surface area contributed by atoms with E-state index in [0.29, 0.717) is 30.0 Å². The molecule has 1 aromatic heterocycles. The second-order valence-corrected chi connectivity index (χ2v) is 6.93.